The van der Waals surface area contributed by atoms with E-state index in [0.29, 0.717) is 22.7 Å². The average molecular weight is 477 g/mol. The number of fused-ring (bicyclic) bond motifs is 1. The molecular formula is C22H19N7O6. The van der Waals surface area contributed by atoms with E-state index in [4.69, 9.17) is 4.52 Å². The van der Waals surface area contributed by atoms with Crippen LogP contribution in [0.15, 0.2) is 28.9 Å². The molecule has 1 atom stereocenters. The fourth-order valence-corrected chi connectivity index (χ4v) is 4.29. The molecule has 1 unspecified atom stereocenters. The van der Waals surface area contributed by atoms with Gasteiger partial charge in [0.2, 0.25) is 17.7 Å². The van der Waals surface area contributed by atoms with E-state index in [9.17, 15) is 24.0 Å². The number of benzene rings is 1. The number of carbonyl (C=O) groups excluding carboxylic acids is 5. The first-order valence-electron chi connectivity index (χ1n) is 10.7. The van der Waals surface area contributed by atoms with Gasteiger partial charge in [0.15, 0.2) is 0 Å². The maximum Gasteiger partial charge on any atom is 0.264 e. The molecule has 0 aliphatic carbocycles. The largest absolute Gasteiger partial charge is 0.361 e. The second-order valence-corrected chi connectivity index (χ2v) is 8.22. The quantitative estimate of drug-likeness (QED) is 0.499. The third kappa shape index (κ3) is 3.76. The zero-order valence-corrected chi connectivity index (χ0v) is 18.7. The number of aromatic nitrogens is 4. The molecule has 1 fully saturated rings. The lowest BCUT2D eigenvalue weighted by Gasteiger charge is -2.27. The lowest BCUT2D eigenvalue weighted by Crippen LogP contribution is -2.54. The van der Waals surface area contributed by atoms with Gasteiger partial charge in [-0.25, -0.2) is 4.68 Å². The van der Waals surface area contributed by atoms with Crippen LogP contribution in [0.1, 0.15) is 45.0 Å². The number of aryl methyl sites for hydroxylation is 2. The Morgan fingerprint density at radius 2 is 1.97 bits per heavy atom. The highest BCUT2D eigenvalue weighted by Crippen LogP contribution is 2.32. The SMILES string of the molecule is Cc1noc(C)c1-c1cn(CC(=O)Nc2cccc3c2C(=O)N(C2CCC(=O)NC2=O)C3=O)nn1. The number of nitrogens with one attached hydrogen (secondary N) is 2. The van der Waals surface area contributed by atoms with Gasteiger partial charge in [-0.05, 0) is 32.4 Å². The van der Waals surface area contributed by atoms with Crippen LogP contribution in [0, 0.1) is 13.8 Å². The number of amides is 5. The normalized spacial score (nSPS) is 17.5. The minimum absolute atomic E-state index is 0.00875. The van der Waals surface area contributed by atoms with Crippen molar-refractivity contribution < 1.29 is 28.5 Å². The molecule has 2 N–H and O–H groups in total. The predicted molar refractivity (Wildman–Crippen MR) is 117 cm³/mol. The number of rotatable bonds is 5. The fraction of sp³-hybridized carbons (Fsp3) is 0.273. The summed E-state index contributed by atoms with van der Waals surface area (Å²) in [5.74, 6) is -2.47. The first-order chi connectivity index (χ1) is 16.7. The third-order valence-electron chi connectivity index (χ3n) is 5.88. The standard InChI is InChI=1S/C22H19N7O6/c1-10-18(11(2)35-26-10)14-8-28(27-25-14)9-17(31)23-13-5-3-4-12-19(13)22(34)29(21(12)33)15-6-7-16(30)24-20(15)32/h3-5,8,15H,6-7,9H2,1-2H3,(H,23,31)(H,24,30,32). The number of anilines is 1. The van der Waals surface area contributed by atoms with E-state index in [1.165, 1.54) is 22.9 Å². The Morgan fingerprint density at radius 3 is 2.69 bits per heavy atom. The molecule has 1 saturated heterocycles. The van der Waals surface area contributed by atoms with Crippen molar-refractivity contribution in [3.05, 3.63) is 47.0 Å². The summed E-state index contributed by atoms with van der Waals surface area (Å²) in [5, 5.41) is 16.7. The Balaban J connectivity index is 1.34. The molecule has 3 aromatic rings. The fourth-order valence-electron chi connectivity index (χ4n) is 4.29. The van der Waals surface area contributed by atoms with Crippen molar-refractivity contribution in [2.24, 2.45) is 0 Å². The van der Waals surface area contributed by atoms with Gasteiger partial charge in [0, 0.05) is 6.42 Å². The molecule has 2 aliphatic heterocycles. The minimum Gasteiger partial charge on any atom is -0.361 e. The van der Waals surface area contributed by atoms with Crippen molar-refractivity contribution in [3.63, 3.8) is 0 Å². The predicted octanol–water partition coefficient (Wildman–Crippen LogP) is 0.590. The van der Waals surface area contributed by atoms with Crippen LogP contribution in [0.25, 0.3) is 11.3 Å². The van der Waals surface area contributed by atoms with Gasteiger partial charge in [0.1, 0.15) is 24.0 Å². The third-order valence-corrected chi connectivity index (χ3v) is 5.88. The van der Waals surface area contributed by atoms with Crippen molar-refractivity contribution in [2.45, 2.75) is 39.3 Å². The highest BCUT2D eigenvalue weighted by Gasteiger charge is 2.45. The van der Waals surface area contributed by atoms with E-state index in [1.54, 1.807) is 20.0 Å². The summed E-state index contributed by atoms with van der Waals surface area (Å²) in [6.07, 6.45) is 1.62. The number of nitrogens with zero attached hydrogens (tertiary/aromatic N) is 5. The van der Waals surface area contributed by atoms with Crippen LogP contribution < -0.4 is 10.6 Å². The Hall–Kier alpha value is -4.68. The Morgan fingerprint density at radius 1 is 1.17 bits per heavy atom. The summed E-state index contributed by atoms with van der Waals surface area (Å²) in [5.41, 5.74) is 2.02. The van der Waals surface area contributed by atoms with Crippen molar-refractivity contribution in [1.29, 1.82) is 0 Å². The summed E-state index contributed by atoms with van der Waals surface area (Å²) in [6.45, 7) is 3.30. The molecule has 0 spiro atoms. The highest BCUT2D eigenvalue weighted by molar-refractivity contribution is 6.26. The van der Waals surface area contributed by atoms with Crippen LogP contribution >= 0.6 is 0 Å². The van der Waals surface area contributed by atoms with Gasteiger partial charge in [-0.2, -0.15) is 0 Å². The van der Waals surface area contributed by atoms with E-state index < -0.39 is 35.6 Å². The summed E-state index contributed by atoms with van der Waals surface area (Å²) in [4.78, 5) is 63.3. The first-order valence-corrected chi connectivity index (χ1v) is 10.7. The number of carbonyl (C=O) groups is 5. The Kier molecular flexibility index (Phi) is 5.23. The average Bonchev–Trinajstić information content (AvgIpc) is 3.46. The molecule has 13 nitrogen and oxygen atoms in total. The number of imide groups is 2. The second kappa shape index (κ2) is 8.27. The topological polar surface area (TPSA) is 169 Å². The van der Waals surface area contributed by atoms with Gasteiger partial charge in [-0.15, -0.1) is 5.10 Å². The summed E-state index contributed by atoms with van der Waals surface area (Å²) >= 11 is 0. The lowest BCUT2D eigenvalue weighted by molar-refractivity contribution is -0.136. The van der Waals surface area contributed by atoms with Gasteiger partial charge in [0.05, 0.1) is 34.3 Å². The summed E-state index contributed by atoms with van der Waals surface area (Å²) in [7, 11) is 0. The second-order valence-electron chi connectivity index (χ2n) is 8.22. The van der Waals surface area contributed by atoms with E-state index in [-0.39, 0.29) is 36.2 Å². The number of hydrogen-bond donors (Lipinski definition) is 2. The molecule has 0 bridgehead atoms. The molecule has 2 aromatic heterocycles. The summed E-state index contributed by atoms with van der Waals surface area (Å²) in [6, 6.07) is 3.37. The zero-order valence-electron chi connectivity index (χ0n) is 18.7. The van der Waals surface area contributed by atoms with Crippen molar-refractivity contribution >= 4 is 35.2 Å². The van der Waals surface area contributed by atoms with Crippen LogP contribution in [-0.4, -0.2) is 60.6 Å². The maximum absolute atomic E-state index is 13.1. The van der Waals surface area contributed by atoms with E-state index in [0.717, 1.165) is 4.90 Å². The Bertz CT molecular complexity index is 1400. The molecular weight excluding hydrogens is 458 g/mol. The molecule has 0 saturated carbocycles. The zero-order chi connectivity index (χ0) is 24.9. The lowest BCUT2D eigenvalue weighted by atomic mass is 10.0. The van der Waals surface area contributed by atoms with E-state index in [2.05, 4.69) is 26.1 Å². The molecule has 1 aromatic carbocycles. The van der Waals surface area contributed by atoms with Crippen molar-refractivity contribution in [1.82, 2.24) is 30.4 Å². The Labute approximate surface area is 197 Å². The van der Waals surface area contributed by atoms with Gasteiger partial charge in [-0.3, -0.25) is 34.2 Å². The van der Waals surface area contributed by atoms with Crippen LogP contribution in [0.4, 0.5) is 5.69 Å². The number of piperidine rings is 1. The summed E-state index contributed by atoms with van der Waals surface area (Å²) < 4.78 is 6.46. The van der Waals surface area contributed by atoms with Crippen molar-refractivity contribution in [3.8, 4) is 11.3 Å². The molecule has 13 heteroatoms. The minimum atomic E-state index is -1.10. The van der Waals surface area contributed by atoms with Crippen LogP contribution in [0.5, 0.6) is 0 Å². The van der Waals surface area contributed by atoms with E-state index >= 15 is 0 Å². The number of hydrogen-bond acceptors (Lipinski definition) is 9. The van der Waals surface area contributed by atoms with Gasteiger partial charge >= 0.3 is 0 Å². The van der Waals surface area contributed by atoms with E-state index in [1.807, 2.05) is 0 Å². The van der Waals surface area contributed by atoms with Gasteiger partial charge in [0.25, 0.3) is 11.8 Å². The van der Waals surface area contributed by atoms with Gasteiger partial charge in [-0.1, -0.05) is 16.4 Å². The molecule has 5 rings (SSSR count). The first kappa shape index (κ1) is 22.1. The monoisotopic (exact) mass is 477 g/mol. The van der Waals surface area contributed by atoms with Crippen molar-refractivity contribution in [2.75, 3.05) is 5.32 Å². The molecule has 0 radical (unpaired) electrons. The van der Waals surface area contributed by atoms with Crippen LogP contribution in [-0.2, 0) is 20.9 Å². The molecule has 2 aliphatic rings. The van der Waals surface area contributed by atoms with Gasteiger partial charge < -0.3 is 9.84 Å². The van der Waals surface area contributed by atoms with Crippen LogP contribution in [0.2, 0.25) is 0 Å². The molecule has 178 valence electrons. The molecule has 4 heterocycles. The van der Waals surface area contributed by atoms with Crippen LogP contribution in [0.3, 0.4) is 0 Å². The molecule has 35 heavy (non-hydrogen) atoms. The maximum atomic E-state index is 13.1. The molecule has 5 amide bonds. The highest BCUT2D eigenvalue weighted by atomic mass is 16.5. The smallest absolute Gasteiger partial charge is 0.264 e.